The van der Waals surface area contributed by atoms with E-state index < -0.39 is 31.6 Å². The first-order chi connectivity index (χ1) is 7.27. The Labute approximate surface area is 108 Å². The third kappa shape index (κ3) is 2.78. The molecule has 1 aromatic heterocycles. The molecule has 0 aliphatic heterocycles. The maximum Gasteiger partial charge on any atom is 0.280 e. The zero-order chi connectivity index (χ0) is 12.5. The fourth-order valence-electron chi connectivity index (χ4n) is 0.910. The van der Waals surface area contributed by atoms with Gasteiger partial charge in [-0.05, 0) is 28.7 Å². The molecule has 1 rings (SSSR count). The van der Waals surface area contributed by atoms with Crippen molar-refractivity contribution >= 4 is 42.3 Å². The summed E-state index contributed by atoms with van der Waals surface area (Å²) < 4.78 is 46.7. The lowest BCUT2D eigenvalue weighted by atomic mass is 10.2. The second-order valence-electron chi connectivity index (χ2n) is 2.57. The van der Waals surface area contributed by atoms with Gasteiger partial charge in [0.2, 0.25) is 0 Å². The van der Waals surface area contributed by atoms with Crippen molar-refractivity contribution in [3.05, 3.63) is 20.9 Å². The third-order valence-electron chi connectivity index (χ3n) is 1.55. The molecule has 0 aliphatic rings. The van der Waals surface area contributed by atoms with Gasteiger partial charge in [0.15, 0.2) is 5.03 Å². The quantitative estimate of drug-likeness (QED) is 0.450. The van der Waals surface area contributed by atoms with E-state index in [1.807, 2.05) is 0 Å². The fraction of sp³-hybridized carbons (Fsp3) is 0.143. The van der Waals surface area contributed by atoms with Gasteiger partial charge in [0.25, 0.3) is 15.5 Å². The van der Waals surface area contributed by atoms with Crippen LogP contribution in [0.15, 0.2) is 11.1 Å². The molecule has 0 saturated heterocycles. The Morgan fingerprint density at radius 2 is 2.12 bits per heavy atom. The smallest absolute Gasteiger partial charge is 0.227 e. The highest BCUT2D eigenvalue weighted by Crippen LogP contribution is 2.27. The van der Waals surface area contributed by atoms with E-state index in [-0.39, 0.29) is 3.70 Å². The molecular weight excluding hydrogens is 377 g/mol. The summed E-state index contributed by atoms with van der Waals surface area (Å²) >= 11 is 1.45. The van der Waals surface area contributed by atoms with E-state index in [0.717, 1.165) is 6.07 Å². The van der Waals surface area contributed by atoms with Gasteiger partial charge in [0, 0.05) is 10.7 Å². The van der Waals surface area contributed by atoms with Gasteiger partial charge in [0.05, 0.1) is 11.1 Å². The molecule has 4 nitrogen and oxygen atoms in total. The summed E-state index contributed by atoms with van der Waals surface area (Å²) in [4.78, 5) is 3.40. The van der Waals surface area contributed by atoms with Crippen LogP contribution in [-0.4, -0.2) is 13.4 Å². The highest BCUT2D eigenvalue weighted by atomic mass is 127. The van der Waals surface area contributed by atoms with E-state index in [9.17, 15) is 17.2 Å². The van der Waals surface area contributed by atoms with Crippen molar-refractivity contribution in [1.82, 2.24) is 4.98 Å². The number of hydrogen-bond donors (Lipinski definition) is 0. The van der Waals surface area contributed by atoms with Crippen LogP contribution >= 0.6 is 33.3 Å². The van der Waals surface area contributed by atoms with Crippen LogP contribution in [0.1, 0.15) is 17.6 Å². The Balaban J connectivity index is 3.59. The van der Waals surface area contributed by atoms with E-state index in [1.165, 1.54) is 28.7 Å². The molecule has 0 N–H and O–H groups in total. The van der Waals surface area contributed by atoms with Crippen LogP contribution in [0.4, 0.5) is 8.78 Å². The number of aromatic nitrogens is 1. The first-order valence-electron chi connectivity index (χ1n) is 3.60. The van der Waals surface area contributed by atoms with Crippen LogP contribution < -0.4 is 0 Å². The Morgan fingerprint density at radius 1 is 1.56 bits per heavy atom. The van der Waals surface area contributed by atoms with E-state index >= 15 is 0 Å². The molecule has 0 aliphatic carbocycles. The van der Waals surface area contributed by atoms with Gasteiger partial charge in [0.1, 0.15) is 9.77 Å². The predicted molar refractivity (Wildman–Crippen MR) is 59.7 cm³/mol. The van der Waals surface area contributed by atoms with Crippen molar-refractivity contribution in [3.8, 4) is 6.07 Å². The lowest BCUT2D eigenvalue weighted by Gasteiger charge is -2.05. The number of alkyl halides is 2. The maximum absolute atomic E-state index is 12.4. The van der Waals surface area contributed by atoms with Crippen LogP contribution in [0, 0.1) is 15.0 Å². The molecule has 1 aromatic rings. The second-order valence-corrected chi connectivity index (χ2v) is 6.07. The van der Waals surface area contributed by atoms with Crippen LogP contribution in [0.3, 0.4) is 0 Å². The molecule has 0 amide bonds. The van der Waals surface area contributed by atoms with Crippen molar-refractivity contribution in [1.29, 1.82) is 5.26 Å². The van der Waals surface area contributed by atoms with Gasteiger partial charge in [-0.2, -0.15) is 5.26 Å². The highest BCUT2D eigenvalue weighted by Gasteiger charge is 2.23. The van der Waals surface area contributed by atoms with Crippen molar-refractivity contribution in [3.63, 3.8) is 0 Å². The zero-order valence-corrected chi connectivity index (χ0v) is 11.0. The van der Waals surface area contributed by atoms with Gasteiger partial charge in [-0.15, -0.1) is 0 Å². The number of nitriles is 1. The van der Waals surface area contributed by atoms with Crippen LogP contribution in [0.5, 0.6) is 0 Å². The summed E-state index contributed by atoms with van der Waals surface area (Å²) in [7, 11) is 0.793. The van der Waals surface area contributed by atoms with E-state index in [4.69, 9.17) is 15.9 Å². The molecule has 0 unspecified atom stereocenters. The lowest BCUT2D eigenvalue weighted by Crippen LogP contribution is -2.04. The van der Waals surface area contributed by atoms with E-state index in [0.29, 0.717) is 0 Å². The standard InChI is InChI=1S/C7H2ClF2IN2O2S/c8-16(14,15)7-3(2-12)1-4(5(9)10)6(11)13-7/h1,5H. The number of pyridine rings is 1. The average molecular weight is 379 g/mol. The molecular formula is C7H2ClF2IN2O2S. The van der Waals surface area contributed by atoms with Gasteiger partial charge >= 0.3 is 0 Å². The molecule has 0 bridgehead atoms. The summed E-state index contributed by atoms with van der Waals surface area (Å²) in [6.45, 7) is 0. The Hall–Kier alpha value is -0.530. The minimum Gasteiger partial charge on any atom is -0.227 e. The minimum atomic E-state index is -4.22. The summed E-state index contributed by atoms with van der Waals surface area (Å²) in [6.07, 6.45) is -2.83. The first-order valence-corrected chi connectivity index (χ1v) is 6.99. The highest BCUT2D eigenvalue weighted by molar-refractivity contribution is 14.1. The molecule has 86 valence electrons. The van der Waals surface area contributed by atoms with Crippen molar-refractivity contribution in [2.75, 3.05) is 0 Å². The normalized spacial score (nSPS) is 11.5. The topological polar surface area (TPSA) is 70.8 Å². The molecule has 0 fully saturated rings. The molecule has 1 heterocycles. The summed E-state index contributed by atoms with van der Waals surface area (Å²) in [6, 6.07) is 2.23. The molecule has 0 saturated carbocycles. The zero-order valence-electron chi connectivity index (χ0n) is 7.29. The Bertz CT molecular complexity index is 570. The van der Waals surface area contributed by atoms with Gasteiger partial charge in [-0.3, -0.25) is 0 Å². The van der Waals surface area contributed by atoms with E-state index in [2.05, 4.69) is 4.98 Å². The summed E-state index contributed by atoms with van der Waals surface area (Å²) in [5.74, 6) is 0. The number of hydrogen-bond acceptors (Lipinski definition) is 4. The lowest BCUT2D eigenvalue weighted by molar-refractivity contribution is 0.149. The first kappa shape index (κ1) is 13.5. The third-order valence-corrected chi connectivity index (χ3v) is 3.63. The number of nitrogens with zero attached hydrogens (tertiary/aromatic N) is 2. The molecule has 0 atom stereocenters. The fourth-order valence-corrected chi connectivity index (χ4v) is 2.63. The second kappa shape index (κ2) is 4.77. The van der Waals surface area contributed by atoms with Crippen LogP contribution in [0.25, 0.3) is 0 Å². The van der Waals surface area contributed by atoms with E-state index in [1.54, 1.807) is 0 Å². The Morgan fingerprint density at radius 3 is 2.50 bits per heavy atom. The van der Waals surface area contributed by atoms with Gasteiger partial charge in [-0.1, -0.05) is 0 Å². The van der Waals surface area contributed by atoms with Crippen molar-refractivity contribution < 1.29 is 17.2 Å². The molecule has 0 radical (unpaired) electrons. The maximum atomic E-state index is 12.4. The largest absolute Gasteiger partial charge is 0.280 e. The Kier molecular flexibility index (Phi) is 4.03. The minimum absolute atomic E-state index is 0.203. The van der Waals surface area contributed by atoms with Gasteiger partial charge < -0.3 is 0 Å². The van der Waals surface area contributed by atoms with Crippen molar-refractivity contribution in [2.24, 2.45) is 0 Å². The molecule has 16 heavy (non-hydrogen) atoms. The monoisotopic (exact) mass is 378 g/mol. The molecule has 9 heteroatoms. The number of rotatable bonds is 2. The van der Waals surface area contributed by atoms with Crippen molar-refractivity contribution in [2.45, 2.75) is 11.5 Å². The average Bonchev–Trinajstić information content (AvgIpc) is 2.15. The molecule has 0 spiro atoms. The van der Waals surface area contributed by atoms with Gasteiger partial charge in [-0.25, -0.2) is 22.2 Å². The SMILES string of the molecule is N#Cc1cc(C(F)F)c(I)nc1S(=O)(=O)Cl. The summed E-state index contributed by atoms with van der Waals surface area (Å²) in [5, 5.41) is 7.92. The molecule has 0 aromatic carbocycles. The summed E-state index contributed by atoms with van der Waals surface area (Å²) in [5.41, 5.74) is -0.994. The predicted octanol–water partition coefficient (Wildman–Crippen LogP) is 2.42. The number of halogens is 4. The van der Waals surface area contributed by atoms with Crippen LogP contribution in [-0.2, 0) is 9.05 Å². The van der Waals surface area contributed by atoms with Crippen LogP contribution in [0.2, 0.25) is 0 Å².